The van der Waals surface area contributed by atoms with Crippen LogP contribution in [0.25, 0.3) is 10.8 Å². The standard InChI is InChI=1S/C16H18Se3/c1-5-13-6-2-8-15-16(13)14(7-1)18-11-3-9-17-10-4-12-19-15/h1-2,5-8H,3-4,9-12H2. The van der Waals surface area contributed by atoms with Gasteiger partial charge in [0.05, 0.1) is 0 Å². The molecule has 0 saturated carbocycles. The molecule has 0 atom stereocenters. The van der Waals surface area contributed by atoms with Gasteiger partial charge in [0.15, 0.2) is 0 Å². The maximum atomic E-state index is 2.39. The zero-order chi connectivity index (χ0) is 12.9. The third-order valence-electron chi connectivity index (χ3n) is 3.21. The van der Waals surface area contributed by atoms with E-state index in [1.807, 2.05) is 0 Å². The Morgan fingerprint density at radius 2 is 1.26 bits per heavy atom. The summed E-state index contributed by atoms with van der Waals surface area (Å²) in [7, 11) is 0. The Labute approximate surface area is 134 Å². The van der Waals surface area contributed by atoms with E-state index >= 15 is 0 Å². The Morgan fingerprint density at radius 1 is 0.684 bits per heavy atom. The third-order valence-corrected chi connectivity index (χ3v) is 10.4. The summed E-state index contributed by atoms with van der Waals surface area (Å²) in [6.07, 6.45) is 2.92. The molecule has 19 heavy (non-hydrogen) atoms. The van der Waals surface area contributed by atoms with Crippen molar-refractivity contribution >= 4 is 64.6 Å². The molecule has 100 valence electrons. The average Bonchev–Trinajstić information content (AvgIpc) is 2.44. The fourth-order valence-corrected chi connectivity index (χ4v) is 10.8. The van der Waals surface area contributed by atoms with Crippen LogP contribution in [0.2, 0.25) is 21.3 Å². The van der Waals surface area contributed by atoms with E-state index in [0.717, 1.165) is 15.0 Å². The van der Waals surface area contributed by atoms with Gasteiger partial charge in [0.2, 0.25) is 0 Å². The first-order valence-electron chi connectivity index (χ1n) is 6.80. The molecule has 0 nitrogen and oxygen atoms in total. The van der Waals surface area contributed by atoms with Crippen LogP contribution in [-0.2, 0) is 0 Å². The molecule has 0 spiro atoms. The van der Waals surface area contributed by atoms with Crippen molar-refractivity contribution in [2.75, 3.05) is 0 Å². The van der Waals surface area contributed by atoms with Crippen molar-refractivity contribution in [3.63, 3.8) is 0 Å². The zero-order valence-electron chi connectivity index (χ0n) is 10.9. The first-order valence-corrected chi connectivity index (χ1v) is 13.4. The van der Waals surface area contributed by atoms with Crippen molar-refractivity contribution in [1.29, 1.82) is 0 Å². The monoisotopic (exact) mass is 450 g/mol. The quantitative estimate of drug-likeness (QED) is 0.546. The number of benzene rings is 2. The molecule has 1 aliphatic heterocycles. The molecule has 1 aliphatic rings. The molecule has 0 amide bonds. The maximum absolute atomic E-state index is 2.39. The molecule has 1 heterocycles. The molecule has 0 bridgehead atoms. The number of hydrogen-bond acceptors (Lipinski definition) is 0. The van der Waals surface area contributed by atoms with Gasteiger partial charge < -0.3 is 0 Å². The van der Waals surface area contributed by atoms with E-state index in [1.165, 1.54) is 39.5 Å². The molecule has 3 rings (SSSR count). The van der Waals surface area contributed by atoms with Crippen LogP contribution in [0.4, 0.5) is 0 Å². The van der Waals surface area contributed by atoms with E-state index in [1.54, 1.807) is 14.3 Å². The molecular weight excluding hydrogens is 429 g/mol. The second kappa shape index (κ2) is 7.32. The zero-order valence-corrected chi connectivity index (χ0v) is 16.1. The summed E-state index contributed by atoms with van der Waals surface area (Å²) in [5, 5.41) is 9.00. The third kappa shape index (κ3) is 3.67. The summed E-state index contributed by atoms with van der Waals surface area (Å²) in [6, 6.07) is 13.9. The van der Waals surface area contributed by atoms with Gasteiger partial charge in [-0.25, -0.2) is 0 Å². The van der Waals surface area contributed by atoms with Crippen LogP contribution in [0.3, 0.4) is 0 Å². The molecule has 0 saturated heterocycles. The summed E-state index contributed by atoms with van der Waals surface area (Å²) < 4.78 is 3.33. The van der Waals surface area contributed by atoms with Crippen LogP contribution >= 0.6 is 0 Å². The minimum atomic E-state index is 0.682. The first kappa shape index (κ1) is 14.2. The Kier molecular flexibility index (Phi) is 5.47. The summed E-state index contributed by atoms with van der Waals surface area (Å²) in [6.45, 7) is 0. The molecule has 0 fully saturated rings. The van der Waals surface area contributed by atoms with Gasteiger partial charge in [0.1, 0.15) is 0 Å². The van der Waals surface area contributed by atoms with Crippen molar-refractivity contribution in [1.82, 2.24) is 0 Å². The first-order chi connectivity index (χ1) is 9.45. The summed E-state index contributed by atoms with van der Waals surface area (Å²) in [5.41, 5.74) is 0. The SMILES string of the molecule is c1cc2c3c(cccc3c1)[Se]CCC[Se]CCC[Se]2. The fraction of sp³-hybridized carbons (Fsp3) is 0.375. The van der Waals surface area contributed by atoms with E-state index < -0.39 is 0 Å². The molecule has 3 heteroatoms. The predicted molar refractivity (Wildman–Crippen MR) is 88.9 cm³/mol. The van der Waals surface area contributed by atoms with Crippen LogP contribution in [0.15, 0.2) is 36.4 Å². The molecule has 0 N–H and O–H groups in total. The fourth-order valence-electron chi connectivity index (χ4n) is 2.30. The van der Waals surface area contributed by atoms with Gasteiger partial charge in [-0.15, -0.1) is 0 Å². The van der Waals surface area contributed by atoms with Crippen molar-refractivity contribution in [2.45, 2.75) is 34.1 Å². The molecule has 0 aliphatic carbocycles. The van der Waals surface area contributed by atoms with Gasteiger partial charge in [-0.1, -0.05) is 0 Å². The Balaban J connectivity index is 2.00. The van der Waals surface area contributed by atoms with Crippen LogP contribution in [0.5, 0.6) is 0 Å². The molecule has 2 aromatic rings. The van der Waals surface area contributed by atoms with Gasteiger partial charge in [-0.3, -0.25) is 0 Å². The Bertz CT molecular complexity index is 506. The van der Waals surface area contributed by atoms with Crippen LogP contribution in [0.1, 0.15) is 12.8 Å². The summed E-state index contributed by atoms with van der Waals surface area (Å²) in [5.74, 6) is 0. The summed E-state index contributed by atoms with van der Waals surface area (Å²) >= 11 is 2.29. The van der Waals surface area contributed by atoms with E-state index in [9.17, 15) is 0 Å². The number of rotatable bonds is 0. The normalized spacial score (nSPS) is 17.7. The molecule has 0 radical (unpaired) electrons. The van der Waals surface area contributed by atoms with Gasteiger partial charge in [-0.2, -0.15) is 0 Å². The van der Waals surface area contributed by atoms with Crippen LogP contribution < -0.4 is 8.92 Å². The topological polar surface area (TPSA) is 0 Å². The van der Waals surface area contributed by atoms with E-state index in [-0.39, 0.29) is 0 Å². The van der Waals surface area contributed by atoms with Crippen molar-refractivity contribution in [3.8, 4) is 0 Å². The average molecular weight is 447 g/mol. The molecule has 0 unspecified atom stereocenters. The molecular formula is C16H18Se3. The summed E-state index contributed by atoms with van der Waals surface area (Å²) in [4.78, 5) is 0. The van der Waals surface area contributed by atoms with Gasteiger partial charge >= 0.3 is 135 Å². The van der Waals surface area contributed by atoms with Crippen LogP contribution in [0, 0.1) is 0 Å². The minimum absolute atomic E-state index is 0.682. The van der Waals surface area contributed by atoms with Gasteiger partial charge in [0.25, 0.3) is 0 Å². The van der Waals surface area contributed by atoms with E-state index in [0.29, 0.717) is 29.9 Å². The van der Waals surface area contributed by atoms with Crippen molar-refractivity contribution in [2.24, 2.45) is 0 Å². The van der Waals surface area contributed by atoms with Gasteiger partial charge in [-0.05, 0) is 0 Å². The van der Waals surface area contributed by atoms with E-state index in [2.05, 4.69) is 36.4 Å². The number of hydrogen-bond donors (Lipinski definition) is 0. The van der Waals surface area contributed by atoms with Crippen LogP contribution in [-0.4, -0.2) is 44.9 Å². The second-order valence-electron chi connectivity index (χ2n) is 4.63. The Morgan fingerprint density at radius 3 is 1.84 bits per heavy atom. The molecule has 2 aromatic carbocycles. The predicted octanol–water partition coefficient (Wildman–Crippen LogP) is 2.67. The molecule has 0 aromatic heterocycles. The van der Waals surface area contributed by atoms with E-state index in [4.69, 9.17) is 0 Å². The van der Waals surface area contributed by atoms with Gasteiger partial charge in [0, 0.05) is 0 Å². The van der Waals surface area contributed by atoms with Crippen molar-refractivity contribution < 1.29 is 0 Å². The second-order valence-corrected chi connectivity index (χ2v) is 12.0. The van der Waals surface area contributed by atoms with Crippen molar-refractivity contribution in [3.05, 3.63) is 36.4 Å². The Hall–Kier alpha value is 0.258.